The minimum Gasteiger partial charge on any atom is -0.507 e. The maximum Gasteiger partial charge on any atom is 0.300 e. The predicted molar refractivity (Wildman–Crippen MR) is 137 cm³/mol. The Kier molecular flexibility index (Phi) is 6.62. The lowest BCUT2D eigenvalue weighted by Gasteiger charge is -2.26. The summed E-state index contributed by atoms with van der Waals surface area (Å²) in [7, 11) is 1.55. The van der Waals surface area contributed by atoms with Gasteiger partial charge in [0.25, 0.3) is 11.7 Å². The van der Waals surface area contributed by atoms with E-state index < -0.39 is 17.7 Å². The molecule has 0 saturated carbocycles. The number of hydrogen-bond donors (Lipinski definition) is 1. The van der Waals surface area contributed by atoms with E-state index in [1.165, 1.54) is 4.90 Å². The van der Waals surface area contributed by atoms with Gasteiger partial charge in [-0.25, -0.2) is 0 Å². The van der Waals surface area contributed by atoms with Crippen LogP contribution in [-0.2, 0) is 9.59 Å². The number of Topliss-reactive ketones (excluding diaryl/α,β-unsaturated/α-hetero) is 1. The number of carbonyl (C=O) groups excluding carboxylic acids is 2. The summed E-state index contributed by atoms with van der Waals surface area (Å²) in [5.41, 5.74) is 3.95. The minimum atomic E-state index is -0.759. The number of ether oxygens (including phenoxy) is 1. The number of benzene rings is 3. The van der Waals surface area contributed by atoms with E-state index in [2.05, 4.69) is 29.8 Å². The molecule has 0 spiro atoms. The molecular formula is C28H26BrNO4. The van der Waals surface area contributed by atoms with Crippen LogP contribution in [0.25, 0.3) is 5.76 Å². The molecule has 6 heteroatoms. The average molecular weight is 520 g/mol. The molecule has 1 aliphatic rings. The molecule has 1 saturated heterocycles. The summed E-state index contributed by atoms with van der Waals surface area (Å²) >= 11 is 3.43. The van der Waals surface area contributed by atoms with Crippen LogP contribution in [0.2, 0.25) is 0 Å². The largest absolute Gasteiger partial charge is 0.507 e. The summed E-state index contributed by atoms with van der Waals surface area (Å²) in [6, 6.07) is 19.6. The van der Waals surface area contributed by atoms with E-state index in [1.54, 1.807) is 25.3 Å². The van der Waals surface area contributed by atoms with Gasteiger partial charge in [0.15, 0.2) is 0 Å². The van der Waals surface area contributed by atoms with Crippen molar-refractivity contribution < 1.29 is 19.4 Å². The highest BCUT2D eigenvalue weighted by Crippen LogP contribution is 2.43. The van der Waals surface area contributed by atoms with E-state index in [4.69, 9.17) is 4.74 Å². The Morgan fingerprint density at radius 1 is 1.03 bits per heavy atom. The van der Waals surface area contributed by atoms with Crippen molar-refractivity contribution >= 4 is 39.1 Å². The van der Waals surface area contributed by atoms with Crippen LogP contribution < -0.4 is 9.64 Å². The lowest BCUT2D eigenvalue weighted by atomic mass is 9.94. The molecule has 3 aromatic rings. The summed E-state index contributed by atoms with van der Waals surface area (Å²) in [5.74, 6) is -0.681. The molecule has 3 aromatic carbocycles. The number of ketones is 1. The number of rotatable bonds is 5. The molecule has 34 heavy (non-hydrogen) atoms. The van der Waals surface area contributed by atoms with Crippen LogP contribution in [0.15, 0.2) is 76.8 Å². The summed E-state index contributed by atoms with van der Waals surface area (Å²) in [6.07, 6.45) is 0. The van der Waals surface area contributed by atoms with Gasteiger partial charge in [0.05, 0.1) is 23.2 Å². The number of hydrogen-bond acceptors (Lipinski definition) is 4. The van der Waals surface area contributed by atoms with E-state index in [0.29, 0.717) is 27.4 Å². The first-order chi connectivity index (χ1) is 16.2. The van der Waals surface area contributed by atoms with Crippen LogP contribution in [0.1, 0.15) is 48.1 Å². The van der Waals surface area contributed by atoms with Gasteiger partial charge in [-0.2, -0.15) is 0 Å². The van der Waals surface area contributed by atoms with Gasteiger partial charge in [0.2, 0.25) is 0 Å². The van der Waals surface area contributed by atoms with Crippen molar-refractivity contribution in [2.24, 2.45) is 0 Å². The van der Waals surface area contributed by atoms with Crippen LogP contribution in [0.4, 0.5) is 5.69 Å². The van der Waals surface area contributed by atoms with Gasteiger partial charge in [0, 0.05) is 11.3 Å². The fourth-order valence-electron chi connectivity index (χ4n) is 4.24. The number of halogens is 1. The number of aliphatic hydroxyl groups is 1. The SMILES string of the molecule is COc1ccc(/C(O)=C2/C(=O)C(=O)N(c3ccc(C(C)C)cc3)C2c2cccc(C)c2)cc1Br. The van der Waals surface area contributed by atoms with Crippen molar-refractivity contribution in [2.75, 3.05) is 12.0 Å². The number of methoxy groups -OCH3 is 1. The van der Waals surface area contributed by atoms with E-state index in [9.17, 15) is 14.7 Å². The number of aliphatic hydroxyl groups excluding tert-OH is 1. The number of amides is 1. The van der Waals surface area contributed by atoms with Gasteiger partial charge in [0.1, 0.15) is 11.5 Å². The Hall–Kier alpha value is -3.38. The zero-order valence-electron chi connectivity index (χ0n) is 19.5. The van der Waals surface area contributed by atoms with Crippen molar-refractivity contribution in [1.82, 2.24) is 0 Å². The van der Waals surface area contributed by atoms with E-state index in [1.807, 2.05) is 55.5 Å². The standard InChI is InChI=1S/C28H26BrNO4/c1-16(2)18-8-11-21(12-9-18)30-25(19-7-5-6-17(3)14-19)24(27(32)28(30)33)26(31)20-10-13-23(34-4)22(29)15-20/h5-16,25,31H,1-4H3/b26-24-. The van der Waals surface area contributed by atoms with E-state index in [-0.39, 0.29) is 11.3 Å². The number of aryl methyl sites for hydroxylation is 1. The molecule has 4 rings (SSSR count). The third kappa shape index (κ3) is 4.26. The van der Waals surface area contributed by atoms with Gasteiger partial charge in [-0.1, -0.05) is 55.8 Å². The molecule has 0 radical (unpaired) electrons. The van der Waals surface area contributed by atoms with Crippen LogP contribution in [0.3, 0.4) is 0 Å². The fraction of sp³-hybridized carbons (Fsp3) is 0.214. The molecule has 0 aliphatic carbocycles. The molecule has 1 N–H and O–H groups in total. The summed E-state index contributed by atoms with van der Waals surface area (Å²) < 4.78 is 5.90. The normalized spacial score (nSPS) is 17.5. The summed E-state index contributed by atoms with van der Waals surface area (Å²) in [6.45, 7) is 6.15. The molecule has 1 amide bonds. The monoisotopic (exact) mass is 519 g/mol. The quantitative estimate of drug-likeness (QED) is 0.237. The van der Waals surface area contributed by atoms with Crippen molar-refractivity contribution in [3.8, 4) is 5.75 Å². The molecule has 1 unspecified atom stereocenters. The first kappa shape index (κ1) is 23.8. The lowest BCUT2D eigenvalue weighted by Crippen LogP contribution is -2.29. The number of nitrogens with zero attached hydrogens (tertiary/aromatic N) is 1. The van der Waals surface area contributed by atoms with Gasteiger partial charge in [-0.05, 0) is 70.2 Å². The van der Waals surface area contributed by atoms with E-state index in [0.717, 1.165) is 16.7 Å². The molecule has 1 atom stereocenters. The van der Waals surface area contributed by atoms with Crippen LogP contribution in [0.5, 0.6) is 5.75 Å². The molecule has 174 valence electrons. The van der Waals surface area contributed by atoms with E-state index >= 15 is 0 Å². The van der Waals surface area contributed by atoms with Crippen molar-refractivity contribution in [2.45, 2.75) is 32.7 Å². The zero-order valence-corrected chi connectivity index (χ0v) is 21.1. The van der Waals surface area contributed by atoms with Crippen molar-refractivity contribution in [3.63, 3.8) is 0 Å². The third-order valence-corrected chi connectivity index (χ3v) is 6.69. The molecule has 1 fully saturated rings. The molecular weight excluding hydrogens is 494 g/mol. The molecule has 0 bridgehead atoms. The topological polar surface area (TPSA) is 66.8 Å². The smallest absolute Gasteiger partial charge is 0.300 e. The Labute approximate surface area is 207 Å². The molecule has 0 aromatic heterocycles. The third-order valence-electron chi connectivity index (χ3n) is 6.07. The fourth-order valence-corrected chi connectivity index (χ4v) is 4.78. The van der Waals surface area contributed by atoms with Crippen molar-refractivity contribution in [1.29, 1.82) is 0 Å². The molecule has 5 nitrogen and oxygen atoms in total. The Morgan fingerprint density at radius 3 is 2.32 bits per heavy atom. The van der Waals surface area contributed by atoms with Crippen molar-refractivity contribution in [3.05, 3.63) is 99.0 Å². The predicted octanol–water partition coefficient (Wildman–Crippen LogP) is 6.52. The summed E-state index contributed by atoms with van der Waals surface area (Å²) in [4.78, 5) is 28.1. The first-order valence-electron chi connectivity index (χ1n) is 11.0. The highest BCUT2D eigenvalue weighted by Gasteiger charge is 2.47. The van der Waals surface area contributed by atoms with Gasteiger partial charge in [-0.3, -0.25) is 14.5 Å². The second kappa shape index (κ2) is 9.47. The Bertz CT molecular complexity index is 1290. The maximum atomic E-state index is 13.3. The highest BCUT2D eigenvalue weighted by atomic mass is 79.9. The Morgan fingerprint density at radius 2 is 1.74 bits per heavy atom. The summed E-state index contributed by atoms with van der Waals surface area (Å²) in [5, 5.41) is 11.3. The first-order valence-corrected chi connectivity index (χ1v) is 11.8. The second-order valence-corrected chi connectivity index (χ2v) is 9.53. The van der Waals surface area contributed by atoms with Crippen LogP contribution in [0, 0.1) is 6.92 Å². The highest BCUT2D eigenvalue weighted by molar-refractivity contribution is 9.10. The van der Waals surface area contributed by atoms with Crippen LogP contribution in [-0.4, -0.2) is 23.9 Å². The second-order valence-electron chi connectivity index (χ2n) is 8.68. The van der Waals surface area contributed by atoms with Gasteiger partial charge >= 0.3 is 0 Å². The Balaban J connectivity index is 1.91. The van der Waals surface area contributed by atoms with Gasteiger partial charge in [-0.15, -0.1) is 0 Å². The van der Waals surface area contributed by atoms with Gasteiger partial charge < -0.3 is 9.84 Å². The molecule has 1 aliphatic heterocycles. The number of carbonyl (C=O) groups is 2. The minimum absolute atomic E-state index is 0.0561. The van der Waals surface area contributed by atoms with Crippen LogP contribution >= 0.6 is 15.9 Å². The average Bonchev–Trinajstić information content (AvgIpc) is 3.09. The zero-order chi connectivity index (χ0) is 24.6. The maximum absolute atomic E-state index is 13.3. The number of anilines is 1. The molecule has 1 heterocycles. The lowest BCUT2D eigenvalue weighted by molar-refractivity contribution is -0.132.